The molecule has 2 aromatic carbocycles. The molecule has 0 spiro atoms. The number of benzene rings is 2. The molecule has 0 aliphatic heterocycles. The number of amides is 1. The van der Waals surface area contributed by atoms with Gasteiger partial charge in [0.1, 0.15) is 5.82 Å². The summed E-state index contributed by atoms with van der Waals surface area (Å²) in [6.45, 7) is 2.74. The molecule has 4 rings (SSSR count). The van der Waals surface area contributed by atoms with Gasteiger partial charge in [0.25, 0.3) is 0 Å². The van der Waals surface area contributed by atoms with E-state index in [0.29, 0.717) is 11.7 Å². The number of carbonyl (C=O) groups is 1. The fourth-order valence-corrected chi connectivity index (χ4v) is 3.96. The lowest BCUT2D eigenvalue weighted by Crippen LogP contribution is -2.28. The molecule has 1 aromatic heterocycles. The standard InChI is InChI=1S/C22H24N4OS/c1-16(18-10-6-3-7-11-18)23-20(27)15-28-22-25-24-21(19-12-13-19)26(22)14-17-8-4-2-5-9-17/h2-11,16,19H,12-15H2,1H3,(H,23,27)/t16-/m1/s1. The Hall–Kier alpha value is -2.60. The third-order valence-corrected chi connectivity index (χ3v) is 5.85. The Bertz CT molecular complexity index is 922. The van der Waals surface area contributed by atoms with Crippen molar-refractivity contribution in [1.82, 2.24) is 20.1 Å². The van der Waals surface area contributed by atoms with Gasteiger partial charge in [0.2, 0.25) is 5.91 Å². The molecule has 1 atom stereocenters. The third kappa shape index (κ3) is 4.62. The Morgan fingerprint density at radius 3 is 2.46 bits per heavy atom. The molecule has 144 valence electrons. The lowest BCUT2D eigenvalue weighted by molar-refractivity contribution is -0.119. The van der Waals surface area contributed by atoms with Crippen LogP contribution in [-0.4, -0.2) is 26.4 Å². The van der Waals surface area contributed by atoms with Crippen LogP contribution in [0.1, 0.15) is 48.7 Å². The van der Waals surface area contributed by atoms with Gasteiger partial charge in [0.15, 0.2) is 5.16 Å². The zero-order chi connectivity index (χ0) is 19.3. The van der Waals surface area contributed by atoms with E-state index in [1.165, 1.54) is 30.2 Å². The van der Waals surface area contributed by atoms with Crippen LogP contribution in [0.5, 0.6) is 0 Å². The Balaban J connectivity index is 1.41. The van der Waals surface area contributed by atoms with Gasteiger partial charge in [-0.15, -0.1) is 10.2 Å². The van der Waals surface area contributed by atoms with Gasteiger partial charge < -0.3 is 9.88 Å². The summed E-state index contributed by atoms with van der Waals surface area (Å²) in [6, 6.07) is 20.3. The monoisotopic (exact) mass is 392 g/mol. The van der Waals surface area contributed by atoms with Crippen LogP contribution < -0.4 is 5.32 Å². The zero-order valence-corrected chi connectivity index (χ0v) is 16.7. The number of carbonyl (C=O) groups excluding carboxylic acids is 1. The second kappa shape index (κ2) is 8.61. The first-order valence-corrected chi connectivity index (χ1v) is 10.6. The average Bonchev–Trinajstić information content (AvgIpc) is 3.49. The molecule has 3 aromatic rings. The molecule has 1 N–H and O–H groups in total. The molecule has 1 aliphatic rings. The highest BCUT2D eigenvalue weighted by Gasteiger charge is 2.30. The number of rotatable bonds is 8. The van der Waals surface area contributed by atoms with Gasteiger partial charge in [0.05, 0.1) is 18.3 Å². The summed E-state index contributed by atoms with van der Waals surface area (Å²) in [6.07, 6.45) is 2.35. The fraction of sp³-hybridized carbons (Fsp3) is 0.318. The number of aromatic nitrogens is 3. The first-order valence-electron chi connectivity index (χ1n) is 9.65. The number of nitrogens with one attached hydrogen (secondary N) is 1. The molecule has 28 heavy (non-hydrogen) atoms. The Morgan fingerprint density at radius 2 is 1.79 bits per heavy atom. The van der Waals surface area contributed by atoms with E-state index < -0.39 is 0 Å². The summed E-state index contributed by atoms with van der Waals surface area (Å²) >= 11 is 1.45. The molecule has 5 nitrogen and oxygen atoms in total. The Kier molecular flexibility index (Phi) is 5.76. The summed E-state index contributed by atoms with van der Waals surface area (Å²) in [5.74, 6) is 1.89. The van der Waals surface area contributed by atoms with Crippen LogP contribution in [0.4, 0.5) is 0 Å². The molecular weight excluding hydrogens is 368 g/mol. The maximum atomic E-state index is 12.4. The topological polar surface area (TPSA) is 59.8 Å². The summed E-state index contributed by atoms with van der Waals surface area (Å²) in [5, 5.41) is 12.7. The van der Waals surface area contributed by atoms with Crippen molar-refractivity contribution in [3.05, 3.63) is 77.6 Å². The third-order valence-electron chi connectivity index (χ3n) is 4.88. The second-order valence-corrected chi connectivity index (χ2v) is 8.12. The van der Waals surface area contributed by atoms with E-state index >= 15 is 0 Å². The van der Waals surface area contributed by atoms with E-state index in [-0.39, 0.29) is 11.9 Å². The lowest BCUT2D eigenvalue weighted by Gasteiger charge is -2.14. The van der Waals surface area contributed by atoms with Gasteiger partial charge in [-0.3, -0.25) is 4.79 Å². The molecule has 1 heterocycles. The van der Waals surface area contributed by atoms with E-state index in [1.807, 2.05) is 55.5 Å². The maximum absolute atomic E-state index is 12.4. The number of nitrogens with zero attached hydrogens (tertiary/aromatic N) is 3. The van der Waals surface area contributed by atoms with Crippen LogP contribution in [0.15, 0.2) is 65.8 Å². The van der Waals surface area contributed by atoms with Crippen molar-refractivity contribution in [1.29, 1.82) is 0 Å². The van der Waals surface area contributed by atoms with Gasteiger partial charge in [0, 0.05) is 5.92 Å². The molecular formula is C22H24N4OS. The summed E-state index contributed by atoms with van der Waals surface area (Å²) in [7, 11) is 0. The molecule has 1 saturated carbocycles. The number of hydrogen-bond acceptors (Lipinski definition) is 4. The first kappa shape index (κ1) is 18.7. The minimum Gasteiger partial charge on any atom is -0.349 e. The number of hydrogen-bond donors (Lipinski definition) is 1. The van der Waals surface area contributed by atoms with Crippen molar-refractivity contribution in [2.45, 2.75) is 43.4 Å². The summed E-state index contributed by atoms with van der Waals surface area (Å²) in [4.78, 5) is 12.4. The second-order valence-electron chi connectivity index (χ2n) is 7.18. The molecule has 0 radical (unpaired) electrons. The Morgan fingerprint density at radius 1 is 1.11 bits per heavy atom. The maximum Gasteiger partial charge on any atom is 0.230 e. The van der Waals surface area contributed by atoms with Gasteiger partial charge >= 0.3 is 0 Å². The highest BCUT2D eigenvalue weighted by Crippen LogP contribution is 2.40. The lowest BCUT2D eigenvalue weighted by atomic mass is 10.1. The summed E-state index contributed by atoms with van der Waals surface area (Å²) < 4.78 is 2.17. The van der Waals surface area contributed by atoms with Crippen molar-refractivity contribution in [2.24, 2.45) is 0 Å². The van der Waals surface area contributed by atoms with Crippen LogP contribution in [0.25, 0.3) is 0 Å². The molecule has 0 unspecified atom stereocenters. The van der Waals surface area contributed by atoms with E-state index in [1.54, 1.807) is 0 Å². The first-order chi connectivity index (χ1) is 13.7. The van der Waals surface area contributed by atoms with Crippen LogP contribution in [0.2, 0.25) is 0 Å². The molecule has 1 fully saturated rings. The van der Waals surface area contributed by atoms with Crippen molar-refractivity contribution in [3.63, 3.8) is 0 Å². The minimum atomic E-state index is -0.0153. The SMILES string of the molecule is C[C@@H](NC(=O)CSc1nnc(C2CC2)n1Cc1ccccc1)c1ccccc1. The van der Waals surface area contributed by atoms with Crippen LogP contribution in [0.3, 0.4) is 0 Å². The highest BCUT2D eigenvalue weighted by atomic mass is 32.2. The van der Waals surface area contributed by atoms with E-state index in [9.17, 15) is 4.79 Å². The van der Waals surface area contributed by atoms with Gasteiger partial charge in [-0.1, -0.05) is 72.4 Å². The predicted octanol–water partition coefficient (Wildman–Crippen LogP) is 4.17. The molecule has 6 heteroatoms. The normalized spacial score (nSPS) is 14.6. The quantitative estimate of drug-likeness (QED) is 0.585. The van der Waals surface area contributed by atoms with Crippen molar-refractivity contribution in [3.8, 4) is 0 Å². The highest BCUT2D eigenvalue weighted by molar-refractivity contribution is 7.99. The van der Waals surface area contributed by atoms with E-state index in [2.05, 4.69) is 32.2 Å². The smallest absolute Gasteiger partial charge is 0.230 e. The zero-order valence-electron chi connectivity index (χ0n) is 15.9. The predicted molar refractivity (Wildman–Crippen MR) is 111 cm³/mol. The van der Waals surface area contributed by atoms with Gasteiger partial charge in [-0.05, 0) is 30.9 Å². The van der Waals surface area contributed by atoms with Crippen molar-refractivity contribution >= 4 is 17.7 Å². The average molecular weight is 393 g/mol. The molecule has 0 saturated heterocycles. The van der Waals surface area contributed by atoms with Crippen LogP contribution >= 0.6 is 11.8 Å². The van der Waals surface area contributed by atoms with Crippen LogP contribution in [-0.2, 0) is 11.3 Å². The Labute approximate surface area is 169 Å². The molecule has 1 amide bonds. The summed E-state index contributed by atoms with van der Waals surface area (Å²) in [5.41, 5.74) is 2.32. The van der Waals surface area contributed by atoms with Crippen molar-refractivity contribution < 1.29 is 4.79 Å². The largest absolute Gasteiger partial charge is 0.349 e. The van der Waals surface area contributed by atoms with Gasteiger partial charge in [-0.25, -0.2) is 0 Å². The van der Waals surface area contributed by atoms with Crippen molar-refractivity contribution in [2.75, 3.05) is 5.75 Å². The molecule has 0 bridgehead atoms. The minimum absolute atomic E-state index is 0.00332. The molecule has 1 aliphatic carbocycles. The number of thioether (sulfide) groups is 1. The van der Waals surface area contributed by atoms with E-state index in [4.69, 9.17) is 0 Å². The fourth-order valence-electron chi connectivity index (χ4n) is 3.20. The van der Waals surface area contributed by atoms with Gasteiger partial charge in [-0.2, -0.15) is 0 Å². The van der Waals surface area contributed by atoms with Crippen LogP contribution in [0, 0.1) is 0 Å². The van der Waals surface area contributed by atoms with E-state index in [0.717, 1.165) is 23.1 Å².